The molecule has 4 amide bonds. The highest BCUT2D eigenvalue weighted by Crippen LogP contribution is 2.41. The summed E-state index contributed by atoms with van der Waals surface area (Å²) in [5.41, 5.74) is 2.73. The SMILES string of the molecule is CC(=O)c1ccc(-c2ccc(C3CC3NC(=O)CC3(C)NC(=O)NC3=O)cc2)cc1. The van der Waals surface area contributed by atoms with E-state index in [0.717, 1.165) is 23.1 Å². The fourth-order valence-corrected chi connectivity index (χ4v) is 3.83. The average Bonchev–Trinajstić information content (AvgIpc) is 3.40. The molecule has 1 heterocycles. The molecule has 30 heavy (non-hydrogen) atoms. The first-order valence-corrected chi connectivity index (χ1v) is 9.89. The number of imide groups is 1. The number of carbonyl (C=O) groups is 4. The molecule has 1 saturated heterocycles. The van der Waals surface area contributed by atoms with Gasteiger partial charge in [-0.2, -0.15) is 0 Å². The minimum Gasteiger partial charge on any atom is -0.353 e. The van der Waals surface area contributed by atoms with Crippen molar-refractivity contribution in [3.05, 3.63) is 59.7 Å². The molecule has 0 radical (unpaired) electrons. The second-order valence-electron chi connectivity index (χ2n) is 8.19. The van der Waals surface area contributed by atoms with Gasteiger partial charge in [-0.25, -0.2) is 4.79 Å². The third-order valence-electron chi connectivity index (χ3n) is 5.73. The number of nitrogens with one attached hydrogen (secondary N) is 3. The molecule has 3 N–H and O–H groups in total. The maximum absolute atomic E-state index is 12.3. The molecule has 154 valence electrons. The van der Waals surface area contributed by atoms with Crippen LogP contribution < -0.4 is 16.0 Å². The highest BCUT2D eigenvalue weighted by atomic mass is 16.2. The number of carbonyl (C=O) groups excluding carboxylic acids is 4. The number of ketones is 1. The van der Waals surface area contributed by atoms with Crippen LogP contribution in [-0.4, -0.2) is 35.2 Å². The van der Waals surface area contributed by atoms with Gasteiger partial charge in [0.2, 0.25) is 5.91 Å². The first-order valence-electron chi connectivity index (χ1n) is 9.89. The zero-order valence-corrected chi connectivity index (χ0v) is 16.8. The first kappa shape index (κ1) is 19.8. The smallest absolute Gasteiger partial charge is 0.322 e. The Hall–Kier alpha value is -3.48. The maximum atomic E-state index is 12.3. The van der Waals surface area contributed by atoms with Crippen molar-refractivity contribution in [2.75, 3.05) is 0 Å². The molecule has 7 nitrogen and oxygen atoms in total. The van der Waals surface area contributed by atoms with E-state index in [4.69, 9.17) is 0 Å². The van der Waals surface area contributed by atoms with Crippen LogP contribution in [0.15, 0.2) is 48.5 Å². The second-order valence-corrected chi connectivity index (χ2v) is 8.19. The van der Waals surface area contributed by atoms with Crippen LogP contribution in [0, 0.1) is 0 Å². The quantitative estimate of drug-likeness (QED) is 0.507. The van der Waals surface area contributed by atoms with Gasteiger partial charge >= 0.3 is 6.03 Å². The van der Waals surface area contributed by atoms with Crippen molar-refractivity contribution in [2.24, 2.45) is 0 Å². The van der Waals surface area contributed by atoms with E-state index in [1.165, 1.54) is 0 Å². The number of hydrogen-bond acceptors (Lipinski definition) is 4. The van der Waals surface area contributed by atoms with Gasteiger partial charge in [-0.3, -0.25) is 19.7 Å². The summed E-state index contributed by atoms with van der Waals surface area (Å²) in [5, 5.41) is 7.61. The topological polar surface area (TPSA) is 104 Å². The van der Waals surface area contributed by atoms with Gasteiger partial charge in [0, 0.05) is 17.5 Å². The summed E-state index contributed by atoms with van der Waals surface area (Å²) in [7, 11) is 0. The molecule has 1 saturated carbocycles. The summed E-state index contributed by atoms with van der Waals surface area (Å²) in [6.07, 6.45) is 0.747. The molecule has 0 aromatic heterocycles. The Labute approximate surface area is 174 Å². The van der Waals surface area contributed by atoms with Crippen molar-refractivity contribution < 1.29 is 19.2 Å². The Morgan fingerprint density at radius 3 is 2.17 bits per heavy atom. The van der Waals surface area contributed by atoms with Crippen molar-refractivity contribution in [1.82, 2.24) is 16.0 Å². The third-order valence-corrected chi connectivity index (χ3v) is 5.73. The fraction of sp³-hybridized carbons (Fsp3) is 0.304. The number of hydrogen-bond donors (Lipinski definition) is 3. The normalized spacial score (nSPS) is 24.7. The number of amides is 4. The van der Waals surface area contributed by atoms with Crippen LogP contribution in [0.1, 0.15) is 48.5 Å². The van der Waals surface area contributed by atoms with Crippen molar-refractivity contribution >= 4 is 23.6 Å². The maximum Gasteiger partial charge on any atom is 0.322 e. The zero-order valence-electron chi connectivity index (χ0n) is 16.8. The van der Waals surface area contributed by atoms with Crippen molar-refractivity contribution in [1.29, 1.82) is 0 Å². The molecule has 0 spiro atoms. The number of benzene rings is 2. The van der Waals surface area contributed by atoms with Crippen LogP contribution in [0.5, 0.6) is 0 Å². The molecule has 2 aromatic rings. The predicted octanol–water partition coefficient (Wildman–Crippen LogP) is 2.52. The molecular weight excluding hydrogens is 382 g/mol. The summed E-state index contributed by atoms with van der Waals surface area (Å²) >= 11 is 0. The minimum atomic E-state index is -1.20. The van der Waals surface area contributed by atoms with Crippen LogP contribution in [-0.2, 0) is 9.59 Å². The summed E-state index contributed by atoms with van der Waals surface area (Å²) in [6.45, 7) is 3.09. The summed E-state index contributed by atoms with van der Waals surface area (Å²) in [4.78, 5) is 46.9. The molecule has 3 unspecified atom stereocenters. The summed E-state index contributed by atoms with van der Waals surface area (Å²) < 4.78 is 0. The average molecular weight is 405 g/mol. The van der Waals surface area contributed by atoms with Crippen molar-refractivity contribution in [3.8, 4) is 11.1 Å². The van der Waals surface area contributed by atoms with E-state index in [-0.39, 0.29) is 30.1 Å². The van der Waals surface area contributed by atoms with E-state index >= 15 is 0 Å². The van der Waals surface area contributed by atoms with E-state index < -0.39 is 17.5 Å². The molecule has 2 fully saturated rings. The predicted molar refractivity (Wildman–Crippen MR) is 111 cm³/mol. The number of rotatable bonds is 6. The van der Waals surface area contributed by atoms with Gasteiger partial charge in [0.1, 0.15) is 5.54 Å². The highest BCUT2D eigenvalue weighted by Gasteiger charge is 2.45. The molecular formula is C23H23N3O4. The number of Topliss-reactive ketones (excluding diaryl/α,β-unsaturated/α-hetero) is 1. The molecule has 3 atom stereocenters. The molecule has 2 aromatic carbocycles. The van der Waals surface area contributed by atoms with E-state index in [0.29, 0.717) is 5.56 Å². The van der Waals surface area contributed by atoms with E-state index in [1.54, 1.807) is 13.8 Å². The molecule has 1 aliphatic carbocycles. The van der Waals surface area contributed by atoms with Gasteiger partial charge in [-0.15, -0.1) is 0 Å². The fourth-order valence-electron chi connectivity index (χ4n) is 3.83. The molecule has 1 aliphatic heterocycles. The highest BCUT2D eigenvalue weighted by molar-refractivity contribution is 6.08. The van der Waals surface area contributed by atoms with Crippen LogP contribution in [0.2, 0.25) is 0 Å². The lowest BCUT2D eigenvalue weighted by atomic mass is 9.98. The largest absolute Gasteiger partial charge is 0.353 e. The lowest BCUT2D eigenvalue weighted by Gasteiger charge is -2.19. The number of urea groups is 1. The van der Waals surface area contributed by atoms with Crippen molar-refractivity contribution in [3.63, 3.8) is 0 Å². The van der Waals surface area contributed by atoms with Gasteiger partial charge < -0.3 is 10.6 Å². The van der Waals surface area contributed by atoms with E-state index in [1.807, 2.05) is 36.4 Å². The van der Waals surface area contributed by atoms with Crippen LogP contribution in [0.3, 0.4) is 0 Å². The van der Waals surface area contributed by atoms with Gasteiger partial charge in [-0.1, -0.05) is 48.5 Å². The molecule has 2 aliphatic rings. The van der Waals surface area contributed by atoms with Crippen LogP contribution in [0.25, 0.3) is 11.1 Å². The van der Waals surface area contributed by atoms with E-state index in [2.05, 4.69) is 28.1 Å². The Balaban J connectivity index is 1.34. The Kier molecular flexibility index (Phi) is 4.89. The van der Waals surface area contributed by atoms with Gasteiger partial charge in [0.25, 0.3) is 5.91 Å². The molecule has 0 bridgehead atoms. The standard InChI is InChI=1S/C23H23N3O4/c1-13(27)14-3-5-15(6-4-14)16-7-9-17(10-8-16)18-11-19(18)24-20(28)12-23(2)21(29)25-22(30)26-23/h3-10,18-19H,11-12H2,1-2H3,(H,24,28)(H2,25,26,29,30). The third kappa shape index (κ3) is 3.96. The van der Waals surface area contributed by atoms with Crippen LogP contribution in [0.4, 0.5) is 4.79 Å². The zero-order chi connectivity index (χ0) is 21.5. The first-order chi connectivity index (χ1) is 14.2. The Bertz CT molecular complexity index is 1030. The lowest BCUT2D eigenvalue weighted by molar-refractivity contribution is -0.129. The summed E-state index contributed by atoms with van der Waals surface area (Å²) in [6, 6.07) is 15.2. The van der Waals surface area contributed by atoms with Gasteiger partial charge in [-0.05, 0) is 37.0 Å². The molecule has 4 rings (SSSR count). The van der Waals surface area contributed by atoms with Crippen LogP contribution >= 0.6 is 0 Å². The lowest BCUT2D eigenvalue weighted by Crippen LogP contribution is -2.48. The van der Waals surface area contributed by atoms with E-state index in [9.17, 15) is 19.2 Å². The minimum absolute atomic E-state index is 0.0296. The van der Waals surface area contributed by atoms with Crippen molar-refractivity contribution in [2.45, 2.75) is 44.2 Å². The second kappa shape index (κ2) is 7.40. The monoisotopic (exact) mass is 405 g/mol. The van der Waals surface area contributed by atoms with Gasteiger partial charge in [0.15, 0.2) is 5.78 Å². The molecule has 7 heteroatoms. The Morgan fingerprint density at radius 1 is 1.03 bits per heavy atom. The summed E-state index contributed by atoms with van der Waals surface area (Å²) in [5.74, 6) is -0.460. The Morgan fingerprint density at radius 2 is 1.63 bits per heavy atom. The van der Waals surface area contributed by atoms with Gasteiger partial charge in [0.05, 0.1) is 6.42 Å².